The van der Waals surface area contributed by atoms with Crippen LogP contribution in [-0.4, -0.2) is 40.5 Å². The van der Waals surface area contributed by atoms with Crippen LogP contribution in [0.2, 0.25) is 0 Å². The molecule has 4 heterocycles. The maximum absolute atomic E-state index is 12.9. The third-order valence-corrected chi connectivity index (χ3v) is 7.38. The van der Waals surface area contributed by atoms with E-state index in [4.69, 9.17) is 4.74 Å². The van der Waals surface area contributed by atoms with Gasteiger partial charge in [0.25, 0.3) is 5.56 Å². The molecule has 1 atom stereocenters. The Morgan fingerprint density at radius 3 is 3.07 bits per heavy atom. The molecule has 0 radical (unpaired) electrons. The van der Waals surface area contributed by atoms with Crippen molar-refractivity contribution >= 4 is 50.6 Å². The van der Waals surface area contributed by atoms with E-state index in [1.807, 2.05) is 22.9 Å². The fourth-order valence-corrected chi connectivity index (χ4v) is 5.45. The van der Waals surface area contributed by atoms with Gasteiger partial charge in [-0.3, -0.25) is 14.2 Å². The minimum atomic E-state index is -0.0648. The maximum atomic E-state index is 12.9. The molecule has 9 heteroatoms. The summed E-state index contributed by atoms with van der Waals surface area (Å²) < 4.78 is 7.90. The summed E-state index contributed by atoms with van der Waals surface area (Å²) in [4.78, 5) is 31.0. The number of fused-ring (bicyclic) bond motifs is 1. The number of aromatic nitrogens is 2. The lowest BCUT2D eigenvalue weighted by Gasteiger charge is -2.13. The van der Waals surface area contributed by atoms with Crippen LogP contribution in [0.3, 0.4) is 0 Å². The first kappa shape index (κ1) is 19.6. The van der Waals surface area contributed by atoms with E-state index >= 15 is 0 Å². The number of hydrogen-bond donors (Lipinski definition) is 1. The van der Waals surface area contributed by atoms with Gasteiger partial charge in [-0.05, 0) is 42.2 Å². The minimum Gasteiger partial charge on any atom is -0.376 e. The lowest BCUT2D eigenvalue weighted by Crippen LogP contribution is -2.33. The second-order valence-electron chi connectivity index (χ2n) is 6.54. The highest BCUT2D eigenvalue weighted by atomic mass is 32.2. The summed E-state index contributed by atoms with van der Waals surface area (Å²) in [6.45, 7) is 1.87. The Kier molecular flexibility index (Phi) is 6.46. The van der Waals surface area contributed by atoms with Crippen LogP contribution >= 0.6 is 34.4 Å². The van der Waals surface area contributed by atoms with Crippen molar-refractivity contribution in [3.05, 3.63) is 44.2 Å². The second kappa shape index (κ2) is 9.21. The van der Waals surface area contributed by atoms with E-state index in [0.717, 1.165) is 25.9 Å². The first-order valence-corrected chi connectivity index (χ1v) is 12.0. The largest absolute Gasteiger partial charge is 0.376 e. The van der Waals surface area contributed by atoms with E-state index in [9.17, 15) is 9.59 Å². The minimum absolute atomic E-state index is 0.0289. The standard InChI is InChI=1S/C19H21N3O3S3/c23-16(20-11-13-3-1-8-25-13)12-28-19-21-15-6-10-27-17(15)18(24)22(19)7-5-14-4-2-9-26-14/h2,4,6,9-10,13H,1,3,5,7-8,11-12H2,(H,20,23)/t13-/m1/s1. The molecule has 0 aromatic carbocycles. The number of ether oxygens (including phenoxy) is 1. The van der Waals surface area contributed by atoms with Crippen LogP contribution in [0.15, 0.2) is 38.9 Å². The van der Waals surface area contributed by atoms with E-state index in [1.165, 1.54) is 28.0 Å². The van der Waals surface area contributed by atoms with Crippen molar-refractivity contribution in [2.75, 3.05) is 18.9 Å². The topological polar surface area (TPSA) is 73.2 Å². The molecule has 1 saturated heterocycles. The van der Waals surface area contributed by atoms with Gasteiger partial charge in [0.05, 0.1) is 17.4 Å². The number of nitrogens with one attached hydrogen (secondary N) is 1. The lowest BCUT2D eigenvalue weighted by molar-refractivity contribution is -0.119. The van der Waals surface area contributed by atoms with E-state index < -0.39 is 0 Å². The van der Waals surface area contributed by atoms with Crippen molar-refractivity contribution in [3.63, 3.8) is 0 Å². The Morgan fingerprint density at radius 2 is 2.29 bits per heavy atom. The molecule has 1 amide bonds. The van der Waals surface area contributed by atoms with Gasteiger partial charge in [-0.2, -0.15) is 0 Å². The summed E-state index contributed by atoms with van der Waals surface area (Å²) in [5, 5.41) is 7.43. The monoisotopic (exact) mass is 435 g/mol. The van der Waals surface area contributed by atoms with Crippen LogP contribution in [0.4, 0.5) is 0 Å². The van der Waals surface area contributed by atoms with Crippen molar-refractivity contribution < 1.29 is 9.53 Å². The molecule has 28 heavy (non-hydrogen) atoms. The van der Waals surface area contributed by atoms with Gasteiger partial charge < -0.3 is 10.1 Å². The molecule has 0 aliphatic carbocycles. The Bertz CT molecular complexity index is 991. The third-order valence-electron chi connectivity index (χ3n) is 4.58. The van der Waals surface area contributed by atoms with Crippen LogP contribution in [0.1, 0.15) is 17.7 Å². The summed E-state index contributed by atoms with van der Waals surface area (Å²) in [6, 6.07) is 5.93. The van der Waals surface area contributed by atoms with Crippen LogP contribution < -0.4 is 10.9 Å². The first-order chi connectivity index (χ1) is 13.7. The quantitative estimate of drug-likeness (QED) is 0.435. The van der Waals surface area contributed by atoms with Crippen molar-refractivity contribution in [1.29, 1.82) is 0 Å². The van der Waals surface area contributed by atoms with Crippen molar-refractivity contribution in [1.82, 2.24) is 14.9 Å². The number of amides is 1. The van der Waals surface area contributed by atoms with Gasteiger partial charge in [-0.1, -0.05) is 17.8 Å². The normalized spacial score (nSPS) is 16.6. The summed E-state index contributed by atoms with van der Waals surface area (Å²) in [5.41, 5.74) is 0.670. The van der Waals surface area contributed by atoms with Gasteiger partial charge in [0.1, 0.15) is 4.70 Å². The van der Waals surface area contributed by atoms with Crippen LogP contribution in [0.5, 0.6) is 0 Å². The molecule has 1 aliphatic heterocycles. The third kappa shape index (κ3) is 4.65. The molecule has 0 saturated carbocycles. The fourth-order valence-electron chi connectivity index (χ4n) is 3.12. The first-order valence-electron chi connectivity index (χ1n) is 9.22. The molecule has 148 valence electrons. The number of carbonyl (C=O) groups excluding carboxylic acids is 1. The number of carbonyl (C=O) groups is 1. The number of rotatable bonds is 8. The highest BCUT2D eigenvalue weighted by Gasteiger charge is 2.17. The molecular formula is C19H21N3O3S3. The molecule has 1 aliphatic rings. The van der Waals surface area contributed by atoms with E-state index in [0.29, 0.717) is 28.5 Å². The Hall–Kier alpha value is -1.68. The van der Waals surface area contributed by atoms with Gasteiger partial charge in [0, 0.05) is 24.6 Å². The molecule has 1 fully saturated rings. The summed E-state index contributed by atoms with van der Waals surface area (Å²) >= 11 is 4.41. The van der Waals surface area contributed by atoms with Crippen molar-refractivity contribution in [2.24, 2.45) is 0 Å². The Morgan fingerprint density at radius 1 is 1.36 bits per heavy atom. The van der Waals surface area contributed by atoms with E-state index in [1.54, 1.807) is 15.9 Å². The molecule has 0 bridgehead atoms. The van der Waals surface area contributed by atoms with Gasteiger partial charge in [-0.25, -0.2) is 4.98 Å². The molecule has 3 aromatic heterocycles. The Balaban J connectivity index is 1.45. The average molecular weight is 436 g/mol. The smallest absolute Gasteiger partial charge is 0.272 e. The summed E-state index contributed by atoms with van der Waals surface area (Å²) in [7, 11) is 0. The number of aryl methyl sites for hydroxylation is 1. The highest BCUT2D eigenvalue weighted by Crippen LogP contribution is 2.22. The molecule has 0 unspecified atom stereocenters. The predicted octanol–water partition coefficient (Wildman–Crippen LogP) is 3.15. The molecule has 4 rings (SSSR count). The van der Waals surface area contributed by atoms with Gasteiger partial charge in [0.2, 0.25) is 5.91 Å². The zero-order valence-corrected chi connectivity index (χ0v) is 17.7. The zero-order chi connectivity index (χ0) is 19.3. The van der Waals surface area contributed by atoms with E-state index in [2.05, 4.69) is 16.4 Å². The predicted molar refractivity (Wildman–Crippen MR) is 115 cm³/mol. The molecule has 6 nitrogen and oxygen atoms in total. The zero-order valence-electron chi connectivity index (χ0n) is 15.3. The second-order valence-corrected chi connectivity index (χ2v) is 9.43. The van der Waals surface area contributed by atoms with Crippen LogP contribution in [0.25, 0.3) is 10.2 Å². The average Bonchev–Trinajstić information content (AvgIpc) is 3.46. The van der Waals surface area contributed by atoms with Gasteiger partial charge in [-0.15, -0.1) is 22.7 Å². The van der Waals surface area contributed by atoms with E-state index in [-0.39, 0.29) is 23.3 Å². The molecule has 1 N–H and O–H groups in total. The SMILES string of the molecule is O=C(CSc1nc2ccsc2c(=O)n1CCc1cccs1)NC[C@H]1CCCO1. The molecule has 3 aromatic rings. The molecular weight excluding hydrogens is 414 g/mol. The summed E-state index contributed by atoms with van der Waals surface area (Å²) in [6.07, 6.45) is 2.94. The number of thiophene rings is 2. The number of hydrogen-bond acceptors (Lipinski definition) is 7. The van der Waals surface area contributed by atoms with Gasteiger partial charge in [0.15, 0.2) is 5.16 Å². The maximum Gasteiger partial charge on any atom is 0.272 e. The number of thioether (sulfide) groups is 1. The summed E-state index contributed by atoms with van der Waals surface area (Å²) in [5.74, 6) is 0.165. The van der Waals surface area contributed by atoms with Gasteiger partial charge >= 0.3 is 0 Å². The number of nitrogens with zero attached hydrogens (tertiary/aromatic N) is 2. The highest BCUT2D eigenvalue weighted by molar-refractivity contribution is 7.99. The van der Waals surface area contributed by atoms with Crippen LogP contribution in [-0.2, 0) is 22.5 Å². The molecule has 0 spiro atoms. The Labute approximate surface area is 174 Å². The lowest BCUT2D eigenvalue weighted by atomic mass is 10.2. The van der Waals surface area contributed by atoms with Crippen molar-refractivity contribution in [3.8, 4) is 0 Å². The fraction of sp³-hybridized carbons (Fsp3) is 0.421. The van der Waals surface area contributed by atoms with Crippen LogP contribution in [0, 0.1) is 0 Å². The van der Waals surface area contributed by atoms with Crippen molar-refractivity contribution in [2.45, 2.75) is 37.1 Å².